The minimum Gasteiger partial charge on any atom is -0.380 e. The zero-order valence-electron chi connectivity index (χ0n) is 12.8. The first-order chi connectivity index (χ1) is 10.2. The van der Waals surface area contributed by atoms with Gasteiger partial charge in [-0.2, -0.15) is 0 Å². The summed E-state index contributed by atoms with van der Waals surface area (Å²) in [6.45, 7) is 4.91. The van der Waals surface area contributed by atoms with Gasteiger partial charge in [-0.3, -0.25) is 4.99 Å². The molecule has 0 aromatic heterocycles. The molecule has 0 aliphatic heterocycles. The van der Waals surface area contributed by atoms with Crippen LogP contribution in [0.4, 0.5) is 4.39 Å². The Hall–Kier alpha value is -1.62. The van der Waals surface area contributed by atoms with E-state index in [2.05, 4.69) is 15.6 Å². The third-order valence-corrected chi connectivity index (χ3v) is 3.87. The Bertz CT molecular complexity index is 469. The summed E-state index contributed by atoms with van der Waals surface area (Å²) in [6, 6.07) is 6.83. The molecule has 0 spiro atoms. The van der Waals surface area contributed by atoms with E-state index in [1.165, 1.54) is 17.7 Å². The second-order valence-corrected chi connectivity index (χ2v) is 5.34. The Kier molecular flexibility index (Phi) is 5.56. The number of rotatable bonds is 7. The van der Waals surface area contributed by atoms with Crippen LogP contribution in [-0.2, 0) is 10.2 Å². The fraction of sp³-hybridized carbons (Fsp3) is 0.562. The molecule has 2 rings (SSSR count). The van der Waals surface area contributed by atoms with Gasteiger partial charge in [0.25, 0.3) is 0 Å². The summed E-state index contributed by atoms with van der Waals surface area (Å²) in [6.07, 6.45) is 2.25. The molecule has 2 N–H and O–H groups in total. The predicted octanol–water partition coefficient (Wildman–Crippen LogP) is 2.06. The molecule has 1 aromatic carbocycles. The number of hydrogen-bond acceptors (Lipinski definition) is 2. The van der Waals surface area contributed by atoms with Gasteiger partial charge in [-0.1, -0.05) is 12.1 Å². The molecule has 0 atom stereocenters. The van der Waals surface area contributed by atoms with Crippen molar-refractivity contribution in [3.8, 4) is 0 Å². The van der Waals surface area contributed by atoms with E-state index in [1.807, 2.05) is 19.1 Å². The zero-order valence-corrected chi connectivity index (χ0v) is 12.8. The first kappa shape index (κ1) is 15.8. The van der Waals surface area contributed by atoms with Gasteiger partial charge in [-0.15, -0.1) is 0 Å². The molecule has 0 unspecified atom stereocenters. The molecule has 1 aliphatic rings. The Morgan fingerprint density at radius 3 is 2.57 bits per heavy atom. The van der Waals surface area contributed by atoms with Crippen molar-refractivity contribution in [2.24, 2.45) is 4.99 Å². The third kappa shape index (κ3) is 4.43. The second-order valence-electron chi connectivity index (χ2n) is 5.34. The fourth-order valence-electron chi connectivity index (χ4n) is 2.38. The molecule has 0 radical (unpaired) electrons. The van der Waals surface area contributed by atoms with E-state index < -0.39 is 0 Å². The van der Waals surface area contributed by atoms with Crippen molar-refractivity contribution in [3.63, 3.8) is 0 Å². The Morgan fingerprint density at radius 2 is 2.00 bits per heavy atom. The summed E-state index contributed by atoms with van der Waals surface area (Å²) in [5.74, 6) is 0.596. The maximum atomic E-state index is 13.0. The summed E-state index contributed by atoms with van der Waals surface area (Å²) in [7, 11) is 1.76. The number of nitrogens with one attached hydrogen (secondary N) is 2. The maximum Gasteiger partial charge on any atom is 0.191 e. The molecule has 0 amide bonds. The molecule has 0 saturated heterocycles. The second kappa shape index (κ2) is 7.41. The van der Waals surface area contributed by atoms with Crippen LogP contribution >= 0.6 is 0 Å². The van der Waals surface area contributed by atoms with Crippen molar-refractivity contribution in [3.05, 3.63) is 35.6 Å². The largest absolute Gasteiger partial charge is 0.380 e. The van der Waals surface area contributed by atoms with E-state index >= 15 is 0 Å². The Morgan fingerprint density at radius 1 is 1.29 bits per heavy atom. The SMILES string of the molecule is CCOCCNC(=NC)NCC1(c2ccc(F)cc2)CC1. The summed E-state index contributed by atoms with van der Waals surface area (Å²) in [5, 5.41) is 6.57. The van der Waals surface area contributed by atoms with Gasteiger partial charge in [0.05, 0.1) is 6.61 Å². The van der Waals surface area contributed by atoms with Crippen LogP contribution in [0.2, 0.25) is 0 Å². The van der Waals surface area contributed by atoms with Crippen molar-refractivity contribution < 1.29 is 9.13 Å². The normalized spacial score (nSPS) is 16.6. The highest BCUT2D eigenvalue weighted by Crippen LogP contribution is 2.47. The van der Waals surface area contributed by atoms with Gasteiger partial charge < -0.3 is 15.4 Å². The quantitative estimate of drug-likeness (QED) is 0.459. The third-order valence-electron chi connectivity index (χ3n) is 3.87. The van der Waals surface area contributed by atoms with E-state index in [9.17, 15) is 4.39 Å². The maximum absolute atomic E-state index is 13.0. The minimum atomic E-state index is -0.184. The molecule has 1 aromatic rings. The lowest BCUT2D eigenvalue weighted by atomic mass is 9.96. The van der Waals surface area contributed by atoms with E-state index in [0.29, 0.717) is 6.61 Å². The average molecular weight is 293 g/mol. The minimum absolute atomic E-state index is 0.130. The van der Waals surface area contributed by atoms with E-state index in [1.54, 1.807) is 7.05 Å². The Labute approximate surface area is 125 Å². The van der Waals surface area contributed by atoms with Gasteiger partial charge in [0.1, 0.15) is 5.82 Å². The van der Waals surface area contributed by atoms with E-state index in [4.69, 9.17) is 4.74 Å². The first-order valence-electron chi connectivity index (χ1n) is 7.48. The monoisotopic (exact) mass is 293 g/mol. The molecular weight excluding hydrogens is 269 g/mol. The molecule has 1 fully saturated rings. The highest BCUT2D eigenvalue weighted by molar-refractivity contribution is 5.79. The van der Waals surface area contributed by atoms with Gasteiger partial charge >= 0.3 is 0 Å². The predicted molar refractivity (Wildman–Crippen MR) is 83.2 cm³/mol. The smallest absolute Gasteiger partial charge is 0.191 e. The van der Waals surface area contributed by atoms with Crippen molar-refractivity contribution in [2.75, 3.05) is 33.4 Å². The van der Waals surface area contributed by atoms with Crippen LogP contribution in [0.1, 0.15) is 25.3 Å². The van der Waals surface area contributed by atoms with Crippen LogP contribution in [-0.4, -0.2) is 39.3 Å². The summed E-state index contributed by atoms with van der Waals surface area (Å²) < 4.78 is 18.3. The molecule has 0 heterocycles. The Balaban J connectivity index is 1.82. The van der Waals surface area contributed by atoms with Crippen molar-refractivity contribution in [1.29, 1.82) is 0 Å². The van der Waals surface area contributed by atoms with Crippen LogP contribution in [0, 0.1) is 5.82 Å². The number of benzene rings is 1. The van der Waals surface area contributed by atoms with Crippen molar-refractivity contribution in [1.82, 2.24) is 10.6 Å². The average Bonchev–Trinajstić information content (AvgIpc) is 3.28. The van der Waals surface area contributed by atoms with Crippen LogP contribution < -0.4 is 10.6 Å². The topological polar surface area (TPSA) is 45.6 Å². The molecular formula is C16H24FN3O. The summed E-state index contributed by atoms with van der Waals surface area (Å²) in [5.41, 5.74) is 1.33. The lowest BCUT2D eigenvalue weighted by Crippen LogP contribution is -2.42. The van der Waals surface area contributed by atoms with Crippen molar-refractivity contribution >= 4 is 5.96 Å². The van der Waals surface area contributed by atoms with Crippen LogP contribution in [0.25, 0.3) is 0 Å². The van der Waals surface area contributed by atoms with Crippen molar-refractivity contribution in [2.45, 2.75) is 25.2 Å². The number of halogens is 1. The molecule has 1 aliphatic carbocycles. The van der Waals surface area contributed by atoms with E-state index in [0.717, 1.165) is 38.5 Å². The lowest BCUT2D eigenvalue weighted by molar-refractivity contribution is 0.152. The summed E-state index contributed by atoms with van der Waals surface area (Å²) in [4.78, 5) is 4.20. The van der Waals surface area contributed by atoms with Crippen LogP contribution in [0.3, 0.4) is 0 Å². The number of nitrogens with zero attached hydrogens (tertiary/aromatic N) is 1. The van der Waals surface area contributed by atoms with Gasteiger partial charge in [0, 0.05) is 32.2 Å². The molecule has 0 bridgehead atoms. The van der Waals surface area contributed by atoms with Crippen LogP contribution in [0.15, 0.2) is 29.3 Å². The first-order valence-corrected chi connectivity index (χ1v) is 7.48. The molecule has 4 nitrogen and oxygen atoms in total. The standard InChI is InChI=1S/C16H24FN3O/c1-3-21-11-10-19-15(18-2)20-12-16(8-9-16)13-4-6-14(17)7-5-13/h4-7H,3,8-12H2,1-2H3,(H2,18,19,20). The molecule has 1 saturated carbocycles. The van der Waals surface area contributed by atoms with Gasteiger partial charge in [-0.25, -0.2) is 4.39 Å². The van der Waals surface area contributed by atoms with Crippen LogP contribution in [0.5, 0.6) is 0 Å². The number of guanidine groups is 1. The van der Waals surface area contributed by atoms with Gasteiger partial charge in [0.2, 0.25) is 0 Å². The highest BCUT2D eigenvalue weighted by Gasteiger charge is 2.44. The fourth-order valence-corrected chi connectivity index (χ4v) is 2.38. The number of hydrogen-bond donors (Lipinski definition) is 2. The molecule has 5 heteroatoms. The summed E-state index contributed by atoms with van der Waals surface area (Å²) >= 11 is 0. The zero-order chi connectivity index (χ0) is 15.1. The highest BCUT2D eigenvalue weighted by atomic mass is 19.1. The molecule has 21 heavy (non-hydrogen) atoms. The van der Waals surface area contributed by atoms with Gasteiger partial charge in [-0.05, 0) is 37.5 Å². The van der Waals surface area contributed by atoms with Gasteiger partial charge in [0.15, 0.2) is 5.96 Å². The van der Waals surface area contributed by atoms with E-state index in [-0.39, 0.29) is 11.2 Å². The number of ether oxygens (including phenoxy) is 1. The number of aliphatic imine (C=N–C) groups is 1. The molecule has 116 valence electrons. The lowest BCUT2D eigenvalue weighted by Gasteiger charge is -2.19.